The molecular formula is C33H29F3N6O3S. The Labute approximate surface area is 267 Å². The number of carbonyl (C=O) groups excluding carboxylic acids is 2. The lowest BCUT2D eigenvalue weighted by atomic mass is 9.97. The van der Waals surface area contributed by atoms with E-state index in [1.165, 1.54) is 47.0 Å². The summed E-state index contributed by atoms with van der Waals surface area (Å²) in [6.07, 6.45) is -2.90. The summed E-state index contributed by atoms with van der Waals surface area (Å²) in [5.74, 6) is 6.49. The lowest BCUT2D eigenvalue weighted by molar-refractivity contribution is -0.274. The van der Waals surface area contributed by atoms with Gasteiger partial charge in [0.05, 0.1) is 17.1 Å². The van der Waals surface area contributed by atoms with E-state index in [1.807, 2.05) is 49.4 Å². The second kappa shape index (κ2) is 13.9. The Morgan fingerprint density at radius 3 is 2.54 bits per heavy atom. The van der Waals surface area contributed by atoms with E-state index in [0.717, 1.165) is 27.9 Å². The van der Waals surface area contributed by atoms with Crippen LogP contribution in [0.4, 0.5) is 23.7 Å². The summed E-state index contributed by atoms with van der Waals surface area (Å²) >= 11 is 1.24. The number of anilines is 1. The van der Waals surface area contributed by atoms with Gasteiger partial charge in [-0.1, -0.05) is 55.6 Å². The van der Waals surface area contributed by atoms with Gasteiger partial charge in [0.2, 0.25) is 5.91 Å². The monoisotopic (exact) mass is 646 g/mol. The van der Waals surface area contributed by atoms with Gasteiger partial charge in [-0.15, -0.1) is 18.3 Å². The number of benzene rings is 3. The van der Waals surface area contributed by atoms with Crippen molar-refractivity contribution >= 4 is 34.6 Å². The molecule has 13 heteroatoms. The zero-order valence-corrected chi connectivity index (χ0v) is 25.9. The van der Waals surface area contributed by atoms with E-state index in [4.69, 9.17) is 0 Å². The normalized spacial score (nSPS) is 14.0. The molecule has 0 spiro atoms. The van der Waals surface area contributed by atoms with Crippen molar-refractivity contribution in [3.8, 4) is 34.7 Å². The number of aliphatic imine (C=N–C) groups is 1. The highest BCUT2D eigenvalue weighted by atomic mass is 32.2. The number of nitrogens with one attached hydrogen (secondary N) is 1. The SMILES string of the molecule is Cc1cccc(C(C)C)c1N1C(=O)CSC1=NC(=O)NCCC#Cc1ccc(-c2ncn(-c3ccc(OC(F)(F)F)cc3)n2)cc1. The van der Waals surface area contributed by atoms with E-state index in [2.05, 4.69) is 50.8 Å². The maximum atomic E-state index is 12.8. The molecule has 3 aromatic carbocycles. The third-order valence-corrected chi connectivity index (χ3v) is 7.73. The zero-order valence-electron chi connectivity index (χ0n) is 25.1. The Hall–Kier alpha value is -5.09. The van der Waals surface area contributed by atoms with Gasteiger partial charge in [0, 0.05) is 24.1 Å². The van der Waals surface area contributed by atoms with Crippen LogP contribution in [0.25, 0.3) is 17.1 Å². The van der Waals surface area contributed by atoms with Gasteiger partial charge in [-0.05, 0) is 72.5 Å². The topological polar surface area (TPSA) is 102 Å². The lowest BCUT2D eigenvalue weighted by Crippen LogP contribution is -2.33. The number of hydrogen-bond acceptors (Lipinski definition) is 6. The molecule has 0 atom stereocenters. The fourth-order valence-electron chi connectivity index (χ4n) is 4.66. The summed E-state index contributed by atoms with van der Waals surface area (Å²) in [5, 5.41) is 7.50. The van der Waals surface area contributed by atoms with Crippen molar-refractivity contribution in [3.05, 3.63) is 89.7 Å². The largest absolute Gasteiger partial charge is 0.573 e. The van der Waals surface area contributed by atoms with E-state index in [-0.39, 0.29) is 29.9 Å². The molecule has 0 saturated carbocycles. The number of thioether (sulfide) groups is 1. The van der Waals surface area contributed by atoms with Crippen LogP contribution in [0.3, 0.4) is 0 Å². The molecule has 9 nitrogen and oxygen atoms in total. The molecule has 1 saturated heterocycles. The molecule has 0 bridgehead atoms. The number of amides is 3. The molecule has 46 heavy (non-hydrogen) atoms. The summed E-state index contributed by atoms with van der Waals surface area (Å²) in [7, 11) is 0. The Morgan fingerprint density at radius 2 is 1.85 bits per heavy atom. The standard InChI is InChI=1S/C33H29F3N6O3S/c1-21(2)27-9-6-7-22(3)29(27)42-28(43)19-46-32(42)39-31(44)37-18-5-4-8-23-10-12-24(13-11-23)30-38-20-41(40-30)25-14-16-26(17-15-25)45-33(34,35)36/h6-7,9-17,20-21H,5,18-19H2,1-3H3,(H,37,44). The maximum Gasteiger partial charge on any atom is 0.573 e. The summed E-state index contributed by atoms with van der Waals surface area (Å²) in [5.41, 5.74) is 4.76. The molecule has 1 N–H and O–H groups in total. The van der Waals surface area contributed by atoms with Crippen molar-refractivity contribution in [1.29, 1.82) is 0 Å². The Bertz CT molecular complexity index is 1820. The minimum absolute atomic E-state index is 0.109. The van der Waals surface area contributed by atoms with E-state index in [0.29, 0.717) is 23.1 Å². The number of urea groups is 1. The van der Waals surface area contributed by atoms with Crippen molar-refractivity contribution in [3.63, 3.8) is 0 Å². The first kappa shape index (κ1) is 32.3. The van der Waals surface area contributed by atoms with Crippen molar-refractivity contribution in [2.45, 2.75) is 39.5 Å². The van der Waals surface area contributed by atoms with Crippen molar-refractivity contribution in [1.82, 2.24) is 20.1 Å². The van der Waals surface area contributed by atoms with Crippen LogP contribution in [0.2, 0.25) is 0 Å². The van der Waals surface area contributed by atoms with Gasteiger partial charge >= 0.3 is 12.4 Å². The van der Waals surface area contributed by atoms with Gasteiger partial charge in [0.15, 0.2) is 11.0 Å². The Balaban J connectivity index is 1.14. The first-order chi connectivity index (χ1) is 22.0. The molecule has 0 unspecified atom stereocenters. The number of alkyl halides is 3. The molecule has 2 heterocycles. The molecule has 236 valence electrons. The fourth-order valence-corrected chi connectivity index (χ4v) is 5.51. The highest BCUT2D eigenvalue weighted by Crippen LogP contribution is 2.36. The number of para-hydroxylation sites is 1. The van der Waals surface area contributed by atoms with Crippen LogP contribution in [0, 0.1) is 18.8 Å². The van der Waals surface area contributed by atoms with E-state index in [9.17, 15) is 22.8 Å². The number of hydrogen-bond donors (Lipinski definition) is 1. The van der Waals surface area contributed by atoms with E-state index < -0.39 is 12.4 Å². The second-order valence-corrected chi connectivity index (χ2v) is 11.4. The van der Waals surface area contributed by atoms with Gasteiger partial charge in [0.1, 0.15) is 12.1 Å². The molecule has 1 aliphatic rings. The van der Waals surface area contributed by atoms with Crippen molar-refractivity contribution < 1.29 is 27.5 Å². The third kappa shape index (κ3) is 7.94. The molecule has 1 aliphatic heterocycles. The van der Waals surface area contributed by atoms with Crippen molar-refractivity contribution in [2.24, 2.45) is 4.99 Å². The highest BCUT2D eigenvalue weighted by molar-refractivity contribution is 8.15. The quantitative estimate of drug-likeness (QED) is 0.174. The number of rotatable bonds is 7. The van der Waals surface area contributed by atoms with Crippen LogP contribution in [0.15, 0.2) is 78.0 Å². The minimum Gasteiger partial charge on any atom is -0.406 e. The molecule has 0 aliphatic carbocycles. The number of nitrogens with zero attached hydrogens (tertiary/aromatic N) is 5. The molecule has 1 aromatic heterocycles. The Kier molecular flexibility index (Phi) is 9.77. The number of aromatic nitrogens is 3. The number of carbonyl (C=O) groups is 2. The Morgan fingerprint density at radius 1 is 1.11 bits per heavy atom. The number of ether oxygens (including phenoxy) is 1. The zero-order chi connectivity index (χ0) is 32.8. The average molecular weight is 647 g/mol. The number of amidine groups is 1. The molecule has 0 radical (unpaired) electrons. The van der Waals surface area contributed by atoms with Crippen LogP contribution in [0.5, 0.6) is 5.75 Å². The predicted molar refractivity (Wildman–Crippen MR) is 171 cm³/mol. The molecule has 3 amide bonds. The summed E-state index contributed by atoms with van der Waals surface area (Å²) in [6.45, 7) is 6.35. The number of aryl methyl sites for hydroxylation is 1. The van der Waals surface area contributed by atoms with E-state index >= 15 is 0 Å². The predicted octanol–water partition coefficient (Wildman–Crippen LogP) is 6.85. The fraction of sp³-hybridized carbons (Fsp3) is 0.242. The van der Waals surface area contributed by atoms with Gasteiger partial charge in [-0.25, -0.2) is 14.5 Å². The third-order valence-electron chi connectivity index (χ3n) is 6.81. The second-order valence-electron chi connectivity index (χ2n) is 10.5. The molecule has 5 rings (SSSR count). The van der Waals surface area contributed by atoms with Gasteiger partial charge in [-0.2, -0.15) is 4.99 Å². The lowest BCUT2D eigenvalue weighted by Gasteiger charge is -2.23. The van der Waals surface area contributed by atoms with Crippen molar-refractivity contribution in [2.75, 3.05) is 17.2 Å². The van der Waals surface area contributed by atoms with Gasteiger partial charge < -0.3 is 10.1 Å². The van der Waals surface area contributed by atoms with Crippen LogP contribution in [-0.4, -0.2) is 50.5 Å². The maximum absolute atomic E-state index is 12.8. The smallest absolute Gasteiger partial charge is 0.406 e. The number of halogens is 3. The first-order valence-corrected chi connectivity index (χ1v) is 15.3. The van der Waals surface area contributed by atoms with Gasteiger partial charge in [-0.3, -0.25) is 9.69 Å². The first-order valence-electron chi connectivity index (χ1n) is 14.3. The minimum atomic E-state index is -4.76. The van der Waals surface area contributed by atoms with Crippen LogP contribution < -0.4 is 15.0 Å². The summed E-state index contributed by atoms with van der Waals surface area (Å²) in [6, 6.07) is 17.9. The van der Waals surface area contributed by atoms with E-state index in [1.54, 1.807) is 4.90 Å². The molecular weight excluding hydrogens is 617 g/mol. The average Bonchev–Trinajstić information content (AvgIpc) is 3.64. The summed E-state index contributed by atoms with van der Waals surface area (Å²) in [4.78, 5) is 35.4. The van der Waals surface area contributed by atoms with Crippen LogP contribution in [0.1, 0.15) is 42.9 Å². The highest BCUT2D eigenvalue weighted by Gasteiger charge is 2.33. The summed E-state index contributed by atoms with van der Waals surface area (Å²) < 4.78 is 42.5. The molecule has 1 fully saturated rings. The van der Waals surface area contributed by atoms with Crippen LogP contribution >= 0.6 is 11.8 Å². The van der Waals surface area contributed by atoms with Crippen LogP contribution in [-0.2, 0) is 4.79 Å². The van der Waals surface area contributed by atoms with Gasteiger partial charge in [0.25, 0.3) is 0 Å². The molecule has 4 aromatic rings.